The fourth-order valence-corrected chi connectivity index (χ4v) is 5.63. The van der Waals surface area contributed by atoms with Crippen LogP contribution in [0.5, 0.6) is 0 Å². The van der Waals surface area contributed by atoms with Gasteiger partial charge in [0.1, 0.15) is 6.61 Å². The van der Waals surface area contributed by atoms with Crippen LogP contribution in [-0.2, 0) is 23.8 Å². The van der Waals surface area contributed by atoms with E-state index in [0.717, 1.165) is 109 Å². The van der Waals surface area contributed by atoms with Crippen molar-refractivity contribution < 1.29 is 23.8 Å². The topological polar surface area (TPSA) is 61.8 Å². The average Bonchev–Trinajstić information content (AvgIpc) is 3.22. The molecule has 0 aromatic carbocycles. The van der Waals surface area contributed by atoms with Crippen molar-refractivity contribution in [3.8, 4) is 0 Å². The Morgan fingerprint density at radius 2 is 0.793 bits per heavy atom. The molecule has 1 unspecified atom stereocenters. The molecule has 0 radical (unpaired) electrons. The van der Waals surface area contributed by atoms with E-state index in [4.69, 9.17) is 14.2 Å². The van der Waals surface area contributed by atoms with E-state index < -0.39 is 6.10 Å². The Bertz CT molecular complexity index is 1220. The molecule has 0 rings (SSSR count). The molecule has 5 heteroatoms. The van der Waals surface area contributed by atoms with Crippen molar-refractivity contribution in [1.82, 2.24) is 0 Å². The Hall–Kier alpha value is -3.70. The van der Waals surface area contributed by atoms with Gasteiger partial charge in [-0.15, -0.1) is 0 Å². The van der Waals surface area contributed by atoms with Gasteiger partial charge in [0.15, 0.2) is 6.10 Å². The molecule has 0 saturated carbocycles. The zero-order valence-electron chi connectivity index (χ0n) is 37.3. The van der Waals surface area contributed by atoms with Gasteiger partial charge in [-0.05, 0) is 103 Å². The summed E-state index contributed by atoms with van der Waals surface area (Å²) in [6.45, 7) is 7.43. The third-order valence-electron chi connectivity index (χ3n) is 8.99. The van der Waals surface area contributed by atoms with Gasteiger partial charge in [0.25, 0.3) is 0 Å². The van der Waals surface area contributed by atoms with E-state index in [1.54, 1.807) is 0 Å². The van der Waals surface area contributed by atoms with Crippen LogP contribution in [0, 0.1) is 0 Å². The number of rotatable bonds is 40. The fraction of sp³-hybridized carbons (Fsp3) is 0.585. The number of carbonyl (C=O) groups is 2. The first-order valence-corrected chi connectivity index (χ1v) is 23.1. The van der Waals surface area contributed by atoms with Crippen molar-refractivity contribution in [2.24, 2.45) is 0 Å². The number of unbranched alkanes of at least 4 members (excludes halogenated alkanes) is 9. The van der Waals surface area contributed by atoms with Crippen molar-refractivity contribution in [3.63, 3.8) is 0 Å². The summed E-state index contributed by atoms with van der Waals surface area (Å²) in [4.78, 5) is 25.2. The number of carbonyl (C=O) groups excluding carboxylic acids is 2. The Morgan fingerprint density at radius 3 is 1.28 bits per heavy atom. The molecule has 0 aromatic heterocycles. The number of ether oxygens (including phenoxy) is 3. The summed E-state index contributed by atoms with van der Waals surface area (Å²) in [6.07, 6.45) is 66.4. The minimum absolute atomic E-state index is 0.0376. The van der Waals surface area contributed by atoms with Gasteiger partial charge in [-0.2, -0.15) is 0 Å². The molecule has 5 nitrogen and oxygen atoms in total. The van der Waals surface area contributed by atoms with Crippen LogP contribution in [0.25, 0.3) is 0 Å². The van der Waals surface area contributed by atoms with Crippen molar-refractivity contribution in [2.75, 3.05) is 19.8 Å². The normalized spacial score (nSPS) is 13.4. The maximum absolute atomic E-state index is 12.7. The molecule has 326 valence electrons. The summed E-state index contributed by atoms with van der Waals surface area (Å²) in [5, 5.41) is 0. The Kier molecular flexibility index (Phi) is 44.6. The molecule has 0 aliphatic carbocycles. The van der Waals surface area contributed by atoms with E-state index in [1.165, 1.54) is 25.7 Å². The molecule has 0 N–H and O–H groups in total. The fourth-order valence-electron chi connectivity index (χ4n) is 5.63. The molecule has 0 fully saturated rings. The molecule has 1 atom stereocenters. The highest BCUT2D eigenvalue weighted by molar-refractivity contribution is 5.70. The van der Waals surface area contributed by atoms with Crippen LogP contribution in [-0.4, -0.2) is 37.9 Å². The van der Waals surface area contributed by atoms with Crippen LogP contribution in [0.15, 0.2) is 122 Å². The van der Waals surface area contributed by atoms with E-state index in [-0.39, 0.29) is 25.2 Å². The standard InChI is InChI=1S/C53H84O5/c1-4-7-10-13-16-18-20-22-24-26-27-29-30-32-34-36-38-40-43-46-52(54)57-50-51(49-56-48-45-42-15-12-9-6-3)58-53(55)47-44-41-39-37-35-33-31-28-25-23-21-19-17-14-11-8-5-2/h7-8,10-11,16-19,22-25,27,29,31-34,37,39,51H,4-6,9,12-15,20-21,26,28,30,35-36,38,40-50H2,1-3H3/b10-7-,11-8-,18-16-,19-17-,24-22-,25-23-,29-27-,33-31-,34-32-,39-37-. The van der Waals surface area contributed by atoms with E-state index in [1.807, 2.05) is 0 Å². The summed E-state index contributed by atoms with van der Waals surface area (Å²) in [6, 6.07) is 0. The smallest absolute Gasteiger partial charge is 0.306 e. The minimum atomic E-state index is -0.583. The molecule has 0 bridgehead atoms. The number of esters is 2. The summed E-state index contributed by atoms with van der Waals surface area (Å²) < 4.78 is 17.1. The number of hydrogen-bond donors (Lipinski definition) is 0. The quantitative estimate of drug-likeness (QED) is 0.0351. The van der Waals surface area contributed by atoms with Crippen molar-refractivity contribution in [2.45, 2.75) is 181 Å². The Balaban J connectivity index is 4.31. The van der Waals surface area contributed by atoms with E-state index in [2.05, 4.69) is 142 Å². The van der Waals surface area contributed by atoms with Crippen LogP contribution in [0.4, 0.5) is 0 Å². The van der Waals surface area contributed by atoms with E-state index in [9.17, 15) is 9.59 Å². The second-order valence-electron chi connectivity index (χ2n) is 14.5. The molecule has 0 aliphatic rings. The minimum Gasteiger partial charge on any atom is -0.462 e. The Labute approximate surface area is 356 Å². The highest BCUT2D eigenvalue weighted by atomic mass is 16.6. The SMILES string of the molecule is CC/C=C\C/C=C\C/C=C\C/C=C\C/C=C\CCCCCC(=O)OCC(COCCCCCCCC)OC(=O)CCC/C=C\C/C=C\C/C=C\C/C=C\C/C=C\CC. The first-order chi connectivity index (χ1) is 28.6. The highest BCUT2D eigenvalue weighted by Crippen LogP contribution is 2.10. The van der Waals surface area contributed by atoms with Gasteiger partial charge < -0.3 is 14.2 Å². The predicted octanol–water partition coefficient (Wildman–Crippen LogP) is 15.4. The lowest BCUT2D eigenvalue weighted by Gasteiger charge is -2.18. The lowest BCUT2D eigenvalue weighted by atomic mass is 10.1. The zero-order valence-corrected chi connectivity index (χ0v) is 37.3. The zero-order chi connectivity index (χ0) is 42.1. The molecule has 58 heavy (non-hydrogen) atoms. The molecule has 0 spiro atoms. The van der Waals surface area contributed by atoms with Crippen LogP contribution in [0.3, 0.4) is 0 Å². The maximum Gasteiger partial charge on any atom is 0.306 e. The average molecular weight is 801 g/mol. The largest absolute Gasteiger partial charge is 0.462 e. The Morgan fingerprint density at radius 1 is 0.397 bits per heavy atom. The van der Waals surface area contributed by atoms with E-state index >= 15 is 0 Å². The van der Waals surface area contributed by atoms with E-state index in [0.29, 0.717) is 25.9 Å². The maximum atomic E-state index is 12.7. The van der Waals surface area contributed by atoms with Gasteiger partial charge in [-0.25, -0.2) is 0 Å². The van der Waals surface area contributed by atoms with Crippen molar-refractivity contribution >= 4 is 11.9 Å². The van der Waals surface area contributed by atoms with Gasteiger partial charge >= 0.3 is 11.9 Å². The monoisotopic (exact) mass is 801 g/mol. The predicted molar refractivity (Wildman–Crippen MR) is 251 cm³/mol. The van der Waals surface area contributed by atoms with Gasteiger partial charge in [-0.1, -0.05) is 181 Å². The van der Waals surface area contributed by atoms with Gasteiger partial charge in [0.2, 0.25) is 0 Å². The van der Waals surface area contributed by atoms with Crippen LogP contribution in [0.1, 0.15) is 175 Å². The first-order valence-electron chi connectivity index (χ1n) is 23.1. The lowest BCUT2D eigenvalue weighted by molar-refractivity contribution is -0.162. The lowest BCUT2D eigenvalue weighted by Crippen LogP contribution is -2.30. The molecule has 0 heterocycles. The third-order valence-corrected chi connectivity index (χ3v) is 8.99. The molecule has 0 amide bonds. The molecule has 0 aromatic rings. The third kappa shape index (κ3) is 45.0. The molecular formula is C53H84O5. The number of hydrogen-bond acceptors (Lipinski definition) is 5. The molecule has 0 aliphatic heterocycles. The van der Waals surface area contributed by atoms with Gasteiger partial charge in [0.05, 0.1) is 6.61 Å². The summed E-state index contributed by atoms with van der Waals surface area (Å²) in [7, 11) is 0. The summed E-state index contributed by atoms with van der Waals surface area (Å²) in [5.41, 5.74) is 0. The highest BCUT2D eigenvalue weighted by Gasteiger charge is 2.17. The summed E-state index contributed by atoms with van der Waals surface area (Å²) >= 11 is 0. The van der Waals surface area contributed by atoms with Crippen LogP contribution in [0.2, 0.25) is 0 Å². The second kappa shape index (κ2) is 47.7. The van der Waals surface area contributed by atoms with Gasteiger partial charge in [0, 0.05) is 19.4 Å². The van der Waals surface area contributed by atoms with Crippen molar-refractivity contribution in [3.05, 3.63) is 122 Å². The summed E-state index contributed by atoms with van der Waals surface area (Å²) in [5.74, 6) is -0.517. The first kappa shape index (κ1) is 54.3. The van der Waals surface area contributed by atoms with Crippen LogP contribution < -0.4 is 0 Å². The van der Waals surface area contributed by atoms with Gasteiger partial charge in [-0.3, -0.25) is 9.59 Å². The molecule has 0 saturated heterocycles. The second-order valence-corrected chi connectivity index (χ2v) is 14.5. The number of allylic oxidation sites excluding steroid dienone is 20. The van der Waals surface area contributed by atoms with Crippen LogP contribution >= 0.6 is 0 Å². The van der Waals surface area contributed by atoms with Crippen molar-refractivity contribution in [1.29, 1.82) is 0 Å². The molecular weight excluding hydrogens is 717 g/mol.